The summed E-state index contributed by atoms with van der Waals surface area (Å²) in [6.45, 7) is 11.5. The van der Waals surface area contributed by atoms with Gasteiger partial charge in [0.05, 0.1) is 0 Å². The van der Waals surface area contributed by atoms with Gasteiger partial charge in [0, 0.05) is 25.8 Å². The van der Waals surface area contributed by atoms with Crippen molar-refractivity contribution in [3.05, 3.63) is 68.9 Å². The van der Waals surface area contributed by atoms with E-state index in [9.17, 15) is 0 Å². The Morgan fingerprint density at radius 1 is 0.655 bits per heavy atom. The molecular weight excluding hydrogens is 515 g/mol. The van der Waals surface area contributed by atoms with Crippen LogP contribution in [-0.2, 0) is 25.8 Å². The monoisotopic (exact) mass is 563 g/mol. The molecule has 29 heavy (non-hydrogen) atoms. The van der Waals surface area contributed by atoms with E-state index in [0.29, 0.717) is 0 Å². The summed E-state index contributed by atoms with van der Waals surface area (Å²) in [5, 5.41) is 0. The summed E-state index contributed by atoms with van der Waals surface area (Å²) in [4.78, 5) is 0. The molecule has 1 heteroatoms. The summed E-state index contributed by atoms with van der Waals surface area (Å²) in [7, 11) is 0. The van der Waals surface area contributed by atoms with E-state index in [-0.39, 0.29) is 48.1 Å². The molecule has 0 bridgehead atoms. The molecule has 0 heterocycles. The van der Waals surface area contributed by atoms with E-state index in [1.807, 2.05) is 0 Å². The maximum absolute atomic E-state index is 2.35. The second-order valence-electron chi connectivity index (χ2n) is 9.05. The van der Waals surface area contributed by atoms with Gasteiger partial charge in [-0.15, -0.1) is 0 Å². The topological polar surface area (TPSA) is 0 Å². The van der Waals surface area contributed by atoms with Crippen LogP contribution in [0.4, 0.5) is 0 Å². The molecule has 0 amide bonds. The molecule has 5 atom stereocenters. The van der Waals surface area contributed by atoms with Crippen LogP contribution in [0.3, 0.4) is 0 Å². The third-order valence-corrected chi connectivity index (χ3v) is 7.46. The van der Waals surface area contributed by atoms with E-state index in [1.54, 1.807) is 22.3 Å². The first-order chi connectivity index (χ1) is 12.0. The minimum atomic E-state index is 0. The van der Waals surface area contributed by atoms with Crippen molar-refractivity contribution in [1.29, 1.82) is 0 Å². The Morgan fingerprint density at radius 3 is 1.59 bits per heavy atom. The summed E-state index contributed by atoms with van der Waals surface area (Å²) in [6.07, 6.45) is 19.3. The van der Waals surface area contributed by atoms with Crippen molar-refractivity contribution in [3.63, 3.8) is 0 Å². The fourth-order valence-corrected chi connectivity index (χ4v) is 6.03. The number of rotatable bonds is 2. The molecule has 5 unspecified atom stereocenters. The van der Waals surface area contributed by atoms with Gasteiger partial charge < -0.3 is 22.3 Å². The van der Waals surface area contributed by atoms with Gasteiger partial charge in [0.2, 0.25) is 0 Å². The molecule has 4 aliphatic rings. The molecule has 0 aromatic heterocycles. The molecule has 2 saturated carbocycles. The van der Waals surface area contributed by atoms with E-state index in [0.717, 1.165) is 29.6 Å². The molecule has 0 nitrogen and oxygen atoms in total. The Labute approximate surface area is 203 Å². The molecule has 0 aromatic rings. The molecule has 4 aliphatic carbocycles. The van der Waals surface area contributed by atoms with Crippen molar-refractivity contribution in [2.45, 2.75) is 79.6 Å². The Bertz CT molecular complexity index is 580. The van der Waals surface area contributed by atoms with Crippen LogP contribution < -0.4 is 0 Å². The average molecular weight is 562 g/mol. The minimum absolute atomic E-state index is 0. The van der Waals surface area contributed by atoms with Gasteiger partial charge in [0.25, 0.3) is 0 Å². The maximum atomic E-state index is 2.35. The largest absolute Gasteiger partial charge is 0.358 e. The molecule has 2 fully saturated rings. The first-order valence-electron chi connectivity index (χ1n) is 10.7. The molecule has 0 aliphatic heterocycles. The quantitative estimate of drug-likeness (QED) is 0.233. The van der Waals surface area contributed by atoms with Gasteiger partial charge in [-0.05, 0) is 83.0 Å². The third-order valence-electron chi connectivity index (χ3n) is 7.46. The second-order valence-corrected chi connectivity index (χ2v) is 9.05. The fraction of sp³-hybridized carbons (Fsp3) is 0.607. The Morgan fingerprint density at radius 2 is 1.10 bits per heavy atom. The zero-order valence-electron chi connectivity index (χ0n) is 20.6. The average Bonchev–Trinajstić information content (AvgIpc) is 3.24. The van der Waals surface area contributed by atoms with Gasteiger partial charge >= 0.3 is 0 Å². The van der Waals surface area contributed by atoms with Gasteiger partial charge in [-0.3, -0.25) is 0 Å². The van der Waals surface area contributed by atoms with Crippen LogP contribution in [0.5, 0.6) is 0 Å². The van der Waals surface area contributed by atoms with Crippen LogP contribution in [0.1, 0.15) is 79.6 Å². The summed E-state index contributed by atoms with van der Waals surface area (Å²) >= 11 is 0. The predicted molar refractivity (Wildman–Crippen MR) is 130 cm³/mol. The van der Waals surface area contributed by atoms with Crippen molar-refractivity contribution in [3.8, 4) is 0 Å². The SMILES string of the molecule is CC1=CC=C(C)C2CCCC12.CCCC1CCC2C(C)=CC=C(C)C12.[CH3-].[CH3-].[CH3-].[Hf]. The van der Waals surface area contributed by atoms with Crippen LogP contribution in [0.2, 0.25) is 0 Å². The van der Waals surface area contributed by atoms with Gasteiger partial charge in [0.1, 0.15) is 0 Å². The first-order valence-corrected chi connectivity index (χ1v) is 10.7. The minimum Gasteiger partial charge on any atom is -0.358 e. The zero-order valence-corrected chi connectivity index (χ0v) is 24.2. The summed E-state index contributed by atoms with van der Waals surface area (Å²) in [5.74, 6) is 4.56. The number of hydrogen-bond donors (Lipinski definition) is 0. The summed E-state index contributed by atoms with van der Waals surface area (Å²) in [5.41, 5.74) is 6.48. The van der Waals surface area contributed by atoms with Crippen molar-refractivity contribution in [1.82, 2.24) is 0 Å². The first kappa shape index (κ1) is 31.0. The van der Waals surface area contributed by atoms with Crippen molar-refractivity contribution in [2.75, 3.05) is 0 Å². The Hall–Kier alpha value is -0.170. The molecule has 166 valence electrons. The van der Waals surface area contributed by atoms with Crippen LogP contribution in [0.15, 0.2) is 46.6 Å². The summed E-state index contributed by atoms with van der Waals surface area (Å²) < 4.78 is 0. The molecular formula is C28H47Hf-3. The number of allylic oxidation sites excluding steroid dienone is 8. The van der Waals surface area contributed by atoms with E-state index in [4.69, 9.17) is 0 Å². The molecule has 0 saturated heterocycles. The molecule has 4 rings (SSSR count). The van der Waals surface area contributed by atoms with Gasteiger partial charge in [-0.1, -0.05) is 72.8 Å². The fourth-order valence-electron chi connectivity index (χ4n) is 6.03. The number of hydrogen-bond acceptors (Lipinski definition) is 0. The van der Waals surface area contributed by atoms with Crippen molar-refractivity contribution in [2.24, 2.45) is 29.6 Å². The Balaban J connectivity index is 0. The van der Waals surface area contributed by atoms with E-state index < -0.39 is 0 Å². The predicted octanol–water partition coefficient (Wildman–Crippen LogP) is 8.99. The maximum Gasteiger partial charge on any atom is 0 e. The van der Waals surface area contributed by atoms with Crippen LogP contribution >= 0.6 is 0 Å². The van der Waals surface area contributed by atoms with Gasteiger partial charge in [0.15, 0.2) is 0 Å². The van der Waals surface area contributed by atoms with Crippen molar-refractivity contribution < 1.29 is 25.8 Å². The van der Waals surface area contributed by atoms with Crippen LogP contribution in [-0.4, -0.2) is 0 Å². The second kappa shape index (κ2) is 14.0. The van der Waals surface area contributed by atoms with Crippen molar-refractivity contribution >= 4 is 0 Å². The third kappa shape index (κ3) is 6.91. The normalized spacial score (nSPS) is 31.3. The molecule has 0 radical (unpaired) electrons. The van der Waals surface area contributed by atoms with Gasteiger partial charge in [-0.2, -0.15) is 0 Å². The zero-order chi connectivity index (χ0) is 18.0. The molecule has 0 spiro atoms. The van der Waals surface area contributed by atoms with Gasteiger partial charge in [-0.25, -0.2) is 0 Å². The smallest absolute Gasteiger partial charge is 0 e. The summed E-state index contributed by atoms with van der Waals surface area (Å²) in [6, 6.07) is 0. The standard InChI is InChI=1S/C14H22.C11H16.3CH3.Hf/c1-4-5-12-8-9-13-10(2)6-7-11(3)14(12)13;1-8-6-7-9(2)11-5-3-4-10(8)11;;;;/h6-7,12-14H,4-5,8-9H2,1-3H3;6-7,10-11H,3-5H2,1-2H3;3*1H3;/q;;3*-1;. The molecule has 0 N–H and O–H groups in total. The Kier molecular flexibility index (Phi) is 15.0. The van der Waals surface area contributed by atoms with Crippen LogP contribution in [0.25, 0.3) is 0 Å². The molecule has 0 aromatic carbocycles. The van der Waals surface area contributed by atoms with E-state index in [1.165, 1.54) is 44.9 Å². The van der Waals surface area contributed by atoms with Crippen LogP contribution in [0, 0.1) is 51.9 Å². The van der Waals surface area contributed by atoms with E-state index in [2.05, 4.69) is 58.9 Å². The number of fused-ring (bicyclic) bond motifs is 2. The van der Waals surface area contributed by atoms with E-state index >= 15 is 0 Å².